The average molecular weight is 910 g/mol. The first-order valence-corrected chi connectivity index (χ1v) is 22.4. The van der Waals surface area contributed by atoms with Crippen LogP contribution in [0.15, 0.2) is 115 Å². The van der Waals surface area contributed by atoms with E-state index in [1.54, 1.807) is 57.2 Å². The fourth-order valence-electron chi connectivity index (χ4n) is 7.70. The molecule has 2 aliphatic rings. The van der Waals surface area contributed by atoms with Gasteiger partial charge in [-0.3, -0.25) is 19.2 Å². The van der Waals surface area contributed by atoms with E-state index in [2.05, 4.69) is 17.2 Å². The second-order valence-corrected chi connectivity index (χ2v) is 19.0. The molecule has 0 unspecified atom stereocenters. The standard InChI is InChI=1S/C47H55N7O10S/c1-8-46(29-47(46,48)43(58)52-65(60,61)33-18-13-10-14-19-33)41(56)38-25-32(63-39-26-35(30-16-11-9-12-17-30)50-36-24-31(62-7)21-22-34(36)39)28-54(38)42(57)37(51-44(59)64-45(2,3)4)27-49-40(55)20-15-23-53(5)6/h8-22,24,26,32,37-38H,1,23,25,27-29,48H2,2-7H3,(H,49,55)(H,51,59)(H,52,58)/t32-,37+,38+,46+,47+/m1/s1. The van der Waals surface area contributed by atoms with Crippen LogP contribution in [0.4, 0.5) is 4.79 Å². The Hall–Kier alpha value is -6.63. The van der Waals surface area contributed by atoms with Crippen LogP contribution in [0.25, 0.3) is 22.2 Å². The van der Waals surface area contributed by atoms with Gasteiger partial charge in [-0.2, -0.15) is 0 Å². The number of likely N-dealkylation sites (tertiary alicyclic amines) is 1. The summed E-state index contributed by atoms with van der Waals surface area (Å²) in [5.74, 6) is -2.24. The molecule has 344 valence electrons. The number of nitrogens with zero attached hydrogens (tertiary/aromatic N) is 3. The highest BCUT2D eigenvalue weighted by molar-refractivity contribution is 7.90. The van der Waals surface area contributed by atoms with Crippen molar-refractivity contribution in [3.05, 3.63) is 110 Å². The van der Waals surface area contributed by atoms with Crippen LogP contribution in [0.1, 0.15) is 33.6 Å². The van der Waals surface area contributed by atoms with E-state index in [4.69, 9.17) is 24.9 Å². The van der Waals surface area contributed by atoms with Gasteiger partial charge >= 0.3 is 6.09 Å². The molecule has 1 aromatic heterocycles. The van der Waals surface area contributed by atoms with Crippen LogP contribution >= 0.6 is 0 Å². The number of hydrogen-bond acceptors (Lipinski definition) is 13. The van der Waals surface area contributed by atoms with Crippen LogP contribution in [-0.2, 0) is 33.9 Å². The molecule has 65 heavy (non-hydrogen) atoms. The Bertz CT molecular complexity index is 2600. The number of hydrogen-bond donors (Lipinski definition) is 4. The van der Waals surface area contributed by atoms with Crippen LogP contribution in [-0.4, -0.2) is 123 Å². The van der Waals surface area contributed by atoms with Gasteiger partial charge in [0.25, 0.3) is 15.9 Å². The van der Waals surface area contributed by atoms with Gasteiger partial charge in [0.2, 0.25) is 11.8 Å². The quantitative estimate of drug-likeness (QED) is 0.0876. The normalized spacial score (nSPS) is 21.1. The topological polar surface area (TPSA) is 229 Å². The molecule has 3 aromatic carbocycles. The number of methoxy groups -OCH3 is 1. The molecule has 6 rings (SSSR count). The predicted molar refractivity (Wildman–Crippen MR) is 243 cm³/mol. The number of likely N-dealkylation sites (N-methyl/N-ethyl adjacent to an activating group) is 1. The molecule has 17 nitrogen and oxygen atoms in total. The molecular formula is C47H55N7O10S. The molecule has 4 amide bonds. The van der Waals surface area contributed by atoms with Crippen LogP contribution < -0.4 is 30.6 Å². The second kappa shape index (κ2) is 19.2. The highest BCUT2D eigenvalue weighted by Gasteiger charge is 2.74. The van der Waals surface area contributed by atoms with Crippen molar-refractivity contribution < 1.29 is 46.6 Å². The smallest absolute Gasteiger partial charge is 0.408 e. The van der Waals surface area contributed by atoms with E-state index in [1.165, 1.54) is 48.4 Å². The molecule has 5 atom stereocenters. The zero-order valence-corrected chi connectivity index (χ0v) is 38.0. The van der Waals surface area contributed by atoms with Gasteiger partial charge in [0.05, 0.1) is 41.2 Å². The first kappa shape index (κ1) is 47.8. The molecule has 1 aliphatic heterocycles. The molecule has 0 spiro atoms. The van der Waals surface area contributed by atoms with E-state index in [0.29, 0.717) is 34.6 Å². The van der Waals surface area contributed by atoms with Crippen molar-refractivity contribution in [2.24, 2.45) is 11.1 Å². The molecule has 5 N–H and O–H groups in total. The monoisotopic (exact) mass is 909 g/mol. The highest BCUT2D eigenvalue weighted by atomic mass is 32.2. The van der Waals surface area contributed by atoms with E-state index in [-0.39, 0.29) is 24.3 Å². The molecule has 2 fully saturated rings. The number of aromatic nitrogens is 1. The summed E-state index contributed by atoms with van der Waals surface area (Å²) in [4.78, 5) is 77.7. The number of benzene rings is 3. The number of nitrogens with one attached hydrogen (secondary N) is 3. The van der Waals surface area contributed by atoms with E-state index >= 15 is 4.79 Å². The number of fused-ring (bicyclic) bond motifs is 1. The lowest BCUT2D eigenvalue weighted by Gasteiger charge is -2.31. The Balaban J connectivity index is 1.37. The third kappa shape index (κ3) is 10.8. The maximum absolute atomic E-state index is 15.1. The summed E-state index contributed by atoms with van der Waals surface area (Å²) < 4.78 is 46.2. The number of Topliss-reactive ketones (excluding diaryl/α,β-unsaturated/α-hetero) is 1. The lowest BCUT2D eigenvalue weighted by Crippen LogP contribution is -2.58. The lowest BCUT2D eigenvalue weighted by atomic mass is 9.88. The van der Waals surface area contributed by atoms with Gasteiger partial charge in [0, 0.05) is 48.7 Å². The molecule has 1 aliphatic carbocycles. The fourth-order valence-corrected chi connectivity index (χ4v) is 8.76. The summed E-state index contributed by atoms with van der Waals surface area (Å²) in [7, 11) is 0.799. The number of nitrogens with two attached hydrogens (primary N) is 1. The average Bonchev–Trinajstić information content (AvgIpc) is 3.70. The van der Waals surface area contributed by atoms with Crippen molar-refractivity contribution in [3.63, 3.8) is 0 Å². The molecule has 1 saturated carbocycles. The van der Waals surface area contributed by atoms with Gasteiger partial charge in [0.15, 0.2) is 5.78 Å². The minimum absolute atomic E-state index is 0.125. The molecule has 0 bridgehead atoms. The molecule has 2 heterocycles. The summed E-state index contributed by atoms with van der Waals surface area (Å²) in [6, 6.07) is 20.8. The lowest BCUT2D eigenvalue weighted by molar-refractivity contribution is -0.141. The largest absolute Gasteiger partial charge is 0.497 e. The minimum Gasteiger partial charge on any atom is -0.497 e. The van der Waals surface area contributed by atoms with Gasteiger partial charge < -0.3 is 40.4 Å². The number of amides is 4. The van der Waals surface area contributed by atoms with Crippen molar-refractivity contribution in [1.29, 1.82) is 0 Å². The summed E-state index contributed by atoms with van der Waals surface area (Å²) in [6.45, 7) is 8.62. The Morgan fingerprint density at radius 1 is 1.02 bits per heavy atom. The van der Waals surface area contributed by atoms with Crippen LogP contribution in [0.3, 0.4) is 0 Å². The van der Waals surface area contributed by atoms with Crippen molar-refractivity contribution >= 4 is 50.5 Å². The number of ketones is 1. The summed E-state index contributed by atoms with van der Waals surface area (Å²) in [5.41, 5.74) is 3.69. The van der Waals surface area contributed by atoms with Crippen LogP contribution in [0, 0.1) is 5.41 Å². The predicted octanol–water partition coefficient (Wildman–Crippen LogP) is 3.73. The Labute approximate surface area is 378 Å². The number of ether oxygens (including phenoxy) is 3. The third-order valence-corrected chi connectivity index (χ3v) is 12.4. The van der Waals surface area contributed by atoms with E-state index < -0.39 is 80.9 Å². The van der Waals surface area contributed by atoms with E-state index in [0.717, 1.165) is 5.56 Å². The van der Waals surface area contributed by atoms with Gasteiger partial charge in [0.1, 0.15) is 34.8 Å². The van der Waals surface area contributed by atoms with E-state index in [9.17, 15) is 27.6 Å². The number of pyridine rings is 1. The molecule has 4 aromatic rings. The zero-order chi connectivity index (χ0) is 47.3. The van der Waals surface area contributed by atoms with Gasteiger partial charge in [-0.05, 0) is 65.6 Å². The number of alkyl carbamates (subject to hydrolysis) is 1. The molecule has 1 saturated heterocycles. The SMILES string of the molecule is C=C[C@@]1(C(=O)[C@@H]2C[C@@H](Oc3cc(-c4ccccc4)nc4cc(OC)ccc34)CN2C(=O)[C@H](CNC(=O)C=CCN(C)C)NC(=O)OC(C)(C)C)C[C@]1(N)C(=O)NS(=O)(=O)c1ccccc1. The third-order valence-electron chi connectivity index (χ3n) is 11.1. The molecule has 0 radical (unpaired) electrons. The first-order chi connectivity index (χ1) is 30.7. The Morgan fingerprint density at radius 2 is 1.69 bits per heavy atom. The van der Waals surface area contributed by atoms with Gasteiger partial charge in [-0.15, -0.1) is 6.58 Å². The number of rotatable bonds is 17. The molecule has 18 heteroatoms. The summed E-state index contributed by atoms with van der Waals surface area (Å²) >= 11 is 0. The number of carbonyl (C=O) groups excluding carboxylic acids is 5. The Morgan fingerprint density at radius 3 is 2.32 bits per heavy atom. The minimum atomic E-state index is -4.40. The highest BCUT2D eigenvalue weighted by Crippen LogP contribution is 2.58. The van der Waals surface area contributed by atoms with Crippen molar-refractivity contribution in [3.8, 4) is 22.8 Å². The van der Waals surface area contributed by atoms with Crippen molar-refractivity contribution in [2.75, 3.05) is 40.8 Å². The number of carbonyl (C=O) groups is 5. The molecular weight excluding hydrogens is 855 g/mol. The number of sulfonamides is 1. The van der Waals surface area contributed by atoms with E-state index in [1.807, 2.05) is 54.0 Å². The van der Waals surface area contributed by atoms with Crippen LogP contribution in [0.2, 0.25) is 0 Å². The van der Waals surface area contributed by atoms with Crippen LogP contribution in [0.5, 0.6) is 11.5 Å². The summed E-state index contributed by atoms with van der Waals surface area (Å²) in [6.07, 6.45) is 1.83. The fraction of sp³-hybridized carbons (Fsp3) is 0.362. The maximum atomic E-state index is 15.1. The van der Waals surface area contributed by atoms with Gasteiger partial charge in [-0.25, -0.2) is 22.9 Å². The van der Waals surface area contributed by atoms with Crippen molar-refractivity contribution in [1.82, 2.24) is 30.1 Å². The zero-order valence-electron chi connectivity index (χ0n) is 37.2. The second-order valence-electron chi connectivity index (χ2n) is 17.3. The first-order valence-electron chi connectivity index (χ1n) is 20.9. The summed E-state index contributed by atoms with van der Waals surface area (Å²) in [5, 5.41) is 5.82. The maximum Gasteiger partial charge on any atom is 0.408 e. The van der Waals surface area contributed by atoms with Gasteiger partial charge in [-0.1, -0.05) is 60.7 Å². The Kier molecular flexibility index (Phi) is 14.2. The van der Waals surface area contributed by atoms with Crippen molar-refractivity contribution in [2.45, 2.75) is 67.8 Å².